The second-order valence-corrected chi connectivity index (χ2v) is 8.57. The molecule has 0 aliphatic carbocycles. The van der Waals surface area contributed by atoms with Gasteiger partial charge in [-0.05, 0) is 32.8 Å². The number of rotatable bonds is 3. The van der Waals surface area contributed by atoms with Crippen molar-refractivity contribution in [3.8, 4) is 0 Å². The van der Waals surface area contributed by atoms with Gasteiger partial charge < -0.3 is 10.1 Å². The lowest BCUT2D eigenvalue weighted by Crippen LogP contribution is -2.44. The molecular weight excluding hydrogens is 318 g/mol. The second-order valence-electron chi connectivity index (χ2n) is 6.59. The van der Waals surface area contributed by atoms with Crippen LogP contribution in [-0.4, -0.2) is 49.1 Å². The number of carbonyl (C=O) groups excluding carboxylic acids is 1. The fourth-order valence-electron chi connectivity index (χ4n) is 3.17. The van der Waals surface area contributed by atoms with Crippen LogP contribution in [0.2, 0.25) is 0 Å². The summed E-state index contributed by atoms with van der Waals surface area (Å²) in [5.74, 6) is 0.0785. The average Bonchev–Trinajstić information content (AvgIpc) is 2.69. The van der Waals surface area contributed by atoms with Crippen LogP contribution in [0.25, 0.3) is 0 Å². The van der Waals surface area contributed by atoms with E-state index < -0.39 is 21.6 Å². The summed E-state index contributed by atoms with van der Waals surface area (Å²) in [5, 5.41) is 3.23. The van der Waals surface area contributed by atoms with Crippen LogP contribution in [0.1, 0.15) is 42.6 Å². The smallest absolute Gasteiger partial charge is 0.343 e. The highest BCUT2D eigenvalue weighted by atomic mass is 32.2. The molecule has 0 aromatic carbocycles. The minimum absolute atomic E-state index is 0.0750. The number of sulfonamides is 1. The molecule has 0 unspecified atom stereocenters. The molecule has 8 heteroatoms. The van der Waals surface area contributed by atoms with Crippen LogP contribution in [0, 0.1) is 0 Å². The maximum atomic E-state index is 12.2. The first kappa shape index (κ1) is 16.2. The third-order valence-electron chi connectivity index (χ3n) is 4.35. The molecule has 3 rings (SSSR count). The van der Waals surface area contributed by atoms with Crippen molar-refractivity contribution in [2.45, 2.75) is 38.3 Å². The molecule has 0 spiro atoms. The average molecular weight is 339 g/mol. The maximum absolute atomic E-state index is 12.2. The van der Waals surface area contributed by atoms with E-state index in [4.69, 9.17) is 4.74 Å². The zero-order valence-corrected chi connectivity index (χ0v) is 14.3. The number of hydrogen-bond donors (Lipinski definition) is 1. The van der Waals surface area contributed by atoms with E-state index in [-0.39, 0.29) is 6.04 Å². The highest BCUT2D eigenvalue weighted by Crippen LogP contribution is 2.38. The number of hydrogen-bond acceptors (Lipinski definition) is 6. The molecule has 1 atom stereocenters. The first-order valence-electron chi connectivity index (χ1n) is 7.63. The largest absolute Gasteiger partial charge is 0.451 e. The number of nitrogens with one attached hydrogen (secondary N) is 1. The lowest BCUT2D eigenvalue weighted by molar-refractivity contribution is 0.00957. The Balaban J connectivity index is 1.85. The first-order chi connectivity index (χ1) is 10.7. The number of esters is 1. The van der Waals surface area contributed by atoms with Crippen LogP contribution in [0.15, 0.2) is 12.3 Å². The SMILES string of the molecule is CC1(C)OC(=O)c2c1ccnc2N[C@@H]1CCCN(S(C)(=O)=O)C1. The van der Waals surface area contributed by atoms with E-state index in [0.29, 0.717) is 24.5 Å². The Kier molecular flexibility index (Phi) is 3.84. The Morgan fingerprint density at radius 3 is 2.87 bits per heavy atom. The Labute approximate surface area is 136 Å². The highest BCUT2D eigenvalue weighted by Gasteiger charge is 2.40. The predicted octanol–water partition coefficient (Wildman–Crippen LogP) is 1.32. The lowest BCUT2D eigenvalue weighted by atomic mass is 9.97. The molecule has 1 fully saturated rings. The number of anilines is 1. The molecule has 1 aromatic heterocycles. The third kappa shape index (κ3) is 3.05. The number of fused-ring (bicyclic) bond motifs is 1. The molecule has 23 heavy (non-hydrogen) atoms. The van der Waals surface area contributed by atoms with Crippen molar-refractivity contribution >= 4 is 21.8 Å². The highest BCUT2D eigenvalue weighted by molar-refractivity contribution is 7.88. The van der Waals surface area contributed by atoms with E-state index in [1.807, 2.05) is 13.8 Å². The summed E-state index contributed by atoms with van der Waals surface area (Å²) in [7, 11) is -3.21. The Morgan fingerprint density at radius 1 is 1.43 bits per heavy atom. The number of carbonyl (C=O) groups is 1. The zero-order valence-electron chi connectivity index (χ0n) is 13.5. The molecule has 2 aliphatic rings. The van der Waals surface area contributed by atoms with Gasteiger partial charge in [-0.1, -0.05) is 0 Å². The minimum Gasteiger partial charge on any atom is -0.451 e. The summed E-state index contributed by atoms with van der Waals surface area (Å²) in [6.07, 6.45) is 4.46. The molecule has 0 radical (unpaired) electrons. The number of ether oxygens (including phenoxy) is 1. The summed E-state index contributed by atoms with van der Waals surface area (Å²) in [5.41, 5.74) is 0.585. The molecular formula is C15H21N3O4S. The monoisotopic (exact) mass is 339 g/mol. The zero-order chi connectivity index (χ0) is 16.8. The van der Waals surface area contributed by atoms with Gasteiger partial charge >= 0.3 is 5.97 Å². The molecule has 3 heterocycles. The van der Waals surface area contributed by atoms with Crippen molar-refractivity contribution < 1.29 is 17.9 Å². The Hall–Kier alpha value is -1.67. The fraction of sp³-hybridized carbons (Fsp3) is 0.600. The standard InChI is InChI=1S/C15H21N3O4S/c1-15(2)11-6-7-16-13(12(11)14(19)22-15)17-10-5-4-8-18(9-10)23(3,20)21/h6-7,10H,4-5,8-9H2,1-3H3,(H,16,17)/t10-/m1/s1. The van der Waals surface area contributed by atoms with Crippen LogP contribution in [0.5, 0.6) is 0 Å². The van der Waals surface area contributed by atoms with Crippen LogP contribution in [0.4, 0.5) is 5.82 Å². The van der Waals surface area contributed by atoms with Crippen molar-refractivity contribution in [3.63, 3.8) is 0 Å². The van der Waals surface area contributed by atoms with Gasteiger partial charge in [-0.2, -0.15) is 0 Å². The van der Waals surface area contributed by atoms with E-state index in [1.165, 1.54) is 10.6 Å². The maximum Gasteiger partial charge on any atom is 0.343 e. The minimum atomic E-state index is -3.21. The lowest BCUT2D eigenvalue weighted by Gasteiger charge is -2.31. The molecule has 1 saturated heterocycles. The van der Waals surface area contributed by atoms with Gasteiger partial charge in [0.2, 0.25) is 10.0 Å². The number of cyclic esters (lactones) is 1. The van der Waals surface area contributed by atoms with Gasteiger partial charge in [-0.3, -0.25) is 0 Å². The van der Waals surface area contributed by atoms with Crippen LogP contribution < -0.4 is 5.32 Å². The predicted molar refractivity (Wildman–Crippen MR) is 85.7 cm³/mol. The first-order valence-corrected chi connectivity index (χ1v) is 9.48. The summed E-state index contributed by atoms with van der Waals surface area (Å²) < 4.78 is 30.3. The molecule has 7 nitrogen and oxygen atoms in total. The molecule has 1 N–H and O–H groups in total. The molecule has 1 aromatic rings. The van der Waals surface area contributed by atoms with Crippen LogP contribution in [0.3, 0.4) is 0 Å². The summed E-state index contributed by atoms with van der Waals surface area (Å²) >= 11 is 0. The topological polar surface area (TPSA) is 88.6 Å². The molecule has 0 amide bonds. The molecule has 0 saturated carbocycles. The van der Waals surface area contributed by atoms with Crippen molar-refractivity contribution in [3.05, 3.63) is 23.4 Å². The van der Waals surface area contributed by atoms with E-state index in [9.17, 15) is 13.2 Å². The van der Waals surface area contributed by atoms with Gasteiger partial charge in [0, 0.05) is 30.9 Å². The van der Waals surface area contributed by atoms with Gasteiger partial charge in [0.25, 0.3) is 0 Å². The molecule has 0 bridgehead atoms. The number of piperidine rings is 1. The Bertz CT molecular complexity index is 745. The van der Waals surface area contributed by atoms with Crippen LogP contribution in [-0.2, 0) is 20.4 Å². The summed E-state index contributed by atoms with van der Waals surface area (Å²) in [6, 6.07) is 1.71. The summed E-state index contributed by atoms with van der Waals surface area (Å²) in [4.78, 5) is 16.4. The van der Waals surface area contributed by atoms with Crippen molar-refractivity contribution in [2.24, 2.45) is 0 Å². The quantitative estimate of drug-likeness (QED) is 0.836. The molecule has 2 aliphatic heterocycles. The molecule has 126 valence electrons. The van der Waals surface area contributed by atoms with Gasteiger partial charge in [0.1, 0.15) is 17.0 Å². The number of pyridine rings is 1. The third-order valence-corrected chi connectivity index (χ3v) is 5.62. The van der Waals surface area contributed by atoms with Crippen molar-refractivity contribution in [1.82, 2.24) is 9.29 Å². The van der Waals surface area contributed by atoms with Gasteiger partial charge in [-0.15, -0.1) is 0 Å². The van der Waals surface area contributed by atoms with Crippen molar-refractivity contribution in [2.75, 3.05) is 24.7 Å². The van der Waals surface area contributed by atoms with E-state index in [1.54, 1.807) is 12.3 Å². The summed E-state index contributed by atoms with van der Waals surface area (Å²) in [6.45, 7) is 4.59. The van der Waals surface area contributed by atoms with Crippen molar-refractivity contribution in [1.29, 1.82) is 0 Å². The van der Waals surface area contributed by atoms with Gasteiger partial charge in [0.05, 0.1) is 6.26 Å². The van der Waals surface area contributed by atoms with Gasteiger partial charge in [0.15, 0.2) is 0 Å². The normalized spacial score (nSPS) is 24.1. The van der Waals surface area contributed by atoms with E-state index in [2.05, 4.69) is 10.3 Å². The Morgan fingerprint density at radius 2 is 2.17 bits per heavy atom. The second kappa shape index (κ2) is 5.45. The number of aromatic nitrogens is 1. The van der Waals surface area contributed by atoms with E-state index in [0.717, 1.165) is 18.4 Å². The van der Waals surface area contributed by atoms with Gasteiger partial charge in [-0.25, -0.2) is 22.5 Å². The fourth-order valence-corrected chi connectivity index (χ4v) is 4.08. The number of nitrogens with zero attached hydrogens (tertiary/aromatic N) is 2. The van der Waals surface area contributed by atoms with E-state index >= 15 is 0 Å². The van der Waals surface area contributed by atoms with Crippen LogP contribution >= 0.6 is 0 Å².